The predicted molar refractivity (Wildman–Crippen MR) is 65.3 cm³/mol. The SMILES string of the molecule is CC(CCS(C)=O)NCc1cccn1C. The Labute approximate surface area is 94.3 Å². The largest absolute Gasteiger partial charge is 0.353 e. The molecule has 2 atom stereocenters. The lowest BCUT2D eigenvalue weighted by Crippen LogP contribution is -2.27. The second-order valence-electron chi connectivity index (χ2n) is 3.96. The van der Waals surface area contributed by atoms with Crippen LogP contribution in [0.4, 0.5) is 0 Å². The van der Waals surface area contributed by atoms with Gasteiger partial charge in [0.2, 0.25) is 0 Å². The standard InChI is InChI=1S/C11H20N2OS/c1-10(6-8-15(3)14)12-9-11-5-4-7-13(11)2/h4-5,7,10,12H,6,8-9H2,1-3H3. The Bertz CT molecular complexity index is 322. The number of rotatable bonds is 6. The molecule has 0 aliphatic heterocycles. The van der Waals surface area contributed by atoms with Crippen LogP contribution in [-0.2, 0) is 24.4 Å². The van der Waals surface area contributed by atoms with E-state index in [1.54, 1.807) is 6.26 Å². The Morgan fingerprint density at radius 1 is 1.60 bits per heavy atom. The summed E-state index contributed by atoms with van der Waals surface area (Å²) in [7, 11) is 1.37. The molecule has 0 spiro atoms. The summed E-state index contributed by atoms with van der Waals surface area (Å²) in [5, 5.41) is 3.43. The zero-order valence-electron chi connectivity index (χ0n) is 9.69. The third-order valence-corrected chi connectivity index (χ3v) is 3.33. The lowest BCUT2D eigenvalue weighted by atomic mass is 10.2. The molecule has 0 saturated carbocycles. The number of hydrogen-bond donors (Lipinski definition) is 1. The van der Waals surface area contributed by atoms with Gasteiger partial charge in [-0.15, -0.1) is 0 Å². The minimum Gasteiger partial charge on any atom is -0.353 e. The van der Waals surface area contributed by atoms with E-state index in [-0.39, 0.29) is 0 Å². The molecule has 15 heavy (non-hydrogen) atoms. The number of aryl methyl sites for hydroxylation is 1. The lowest BCUT2D eigenvalue weighted by Gasteiger charge is -2.13. The van der Waals surface area contributed by atoms with Gasteiger partial charge in [0, 0.05) is 54.3 Å². The van der Waals surface area contributed by atoms with E-state index in [2.05, 4.69) is 22.9 Å². The Hall–Kier alpha value is -0.610. The van der Waals surface area contributed by atoms with E-state index in [4.69, 9.17) is 0 Å². The molecule has 0 fully saturated rings. The zero-order valence-corrected chi connectivity index (χ0v) is 10.5. The first-order valence-electron chi connectivity index (χ1n) is 5.23. The molecule has 0 aliphatic carbocycles. The molecule has 0 aliphatic rings. The Morgan fingerprint density at radius 3 is 2.87 bits per heavy atom. The first-order valence-corrected chi connectivity index (χ1v) is 6.96. The highest BCUT2D eigenvalue weighted by molar-refractivity contribution is 7.84. The van der Waals surface area contributed by atoms with Gasteiger partial charge in [0.15, 0.2) is 0 Å². The van der Waals surface area contributed by atoms with Crippen molar-refractivity contribution in [2.24, 2.45) is 7.05 Å². The summed E-state index contributed by atoms with van der Waals surface area (Å²) in [4.78, 5) is 0. The van der Waals surface area contributed by atoms with E-state index in [1.165, 1.54) is 5.69 Å². The smallest absolute Gasteiger partial charge is 0.0361 e. The predicted octanol–water partition coefficient (Wildman–Crippen LogP) is 1.27. The maximum atomic E-state index is 10.9. The third-order valence-electron chi connectivity index (χ3n) is 2.52. The lowest BCUT2D eigenvalue weighted by molar-refractivity contribution is 0.523. The van der Waals surface area contributed by atoms with Crippen molar-refractivity contribution >= 4 is 10.8 Å². The van der Waals surface area contributed by atoms with Crippen molar-refractivity contribution in [3.8, 4) is 0 Å². The summed E-state index contributed by atoms with van der Waals surface area (Å²) in [6.07, 6.45) is 4.76. The molecular weight excluding hydrogens is 208 g/mol. The minimum absolute atomic E-state index is 0.420. The van der Waals surface area contributed by atoms with Crippen molar-refractivity contribution in [2.75, 3.05) is 12.0 Å². The number of aromatic nitrogens is 1. The fourth-order valence-electron chi connectivity index (χ4n) is 1.40. The van der Waals surface area contributed by atoms with Gasteiger partial charge in [-0.1, -0.05) is 0 Å². The monoisotopic (exact) mass is 228 g/mol. The van der Waals surface area contributed by atoms with Crippen LogP contribution in [0.15, 0.2) is 18.3 Å². The minimum atomic E-state index is -0.676. The van der Waals surface area contributed by atoms with Gasteiger partial charge in [0.1, 0.15) is 0 Å². The van der Waals surface area contributed by atoms with Crippen molar-refractivity contribution in [3.05, 3.63) is 24.0 Å². The molecule has 1 N–H and O–H groups in total. The first kappa shape index (κ1) is 12.5. The van der Waals surface area contributed by atoms with Gasteiger partial charge in [-0.05, 0) is 25.5 Å². The summed E-state index contributed by atoms with van der Waals surface area (Å²) in [5.41, 5.74) is 1.28. The van der Waals surface area contributed by atoms with Crippen LogP contribution in [-0.4, -0.2) is 26.8 Å². The molecule has 0 radical (unpaired) electrons. The van der Waals surface area contributed by atoms with E-state index in [1.807, 2.05) is 19.3 Å². The highest BCUT2D eigenvalue weighted by atomic mass is 32.2. The summed E-state index contributed by atoms with van der Waals surface area (Å²) >= 11 is 0. The zero-order chi connectivity index (χ0) is 11.3. The van der Waals surface area contributed by atoms with E-state index in [0.29, 0.717) is 6.04 Å². The molecule has 0 amide bonds. The molecule has 1 heterocycles. The van der Waals surface area contributed by atoms with Crippen molar-refractivity contribution in [2.45, 2.75) is 25.9 Å². The second-order valence-corrected chi connectivity index (χ2v) is 5.51. The van der Waals surface area contributed by atoms with Crippen molar-refractivity contribution in [3.63, 3.8) is 0 Å². The van der Waals surface area contributed by atoms with Gasteiger partial charge in [-0.25, -0.2) is 0 Å². The highest BCUT2D eigenvalue weighted by Gasteiger charge is 2.03. The van der Waals surface area contributed by atoms with Gasteiger partial charge < -0.3 is 9.88 Å². The quantitative estimate of drug-likeness (QED) is 0.795. The Kier molecular flexibility index (Phi) is 5.05. The molecule has 4 heteroatoms. The number of nitrogens with one attached hydrogen (secondary N) is 1. The molecule has 2 unspecified atom stereocenters. The van der Waals surface area contributed by atoms with Crippen LogP contribution in [0.3, 0.4) is 0 Å². The molecular formula is C11H20N2OS. The molecule has 0 bridgehead atoms. The summed E-state index contributed by atoms with van der Waals surface area (Å²) in [5.74, 6) is 0.779. The number of nitrogens with zero attached hydrogens (tertiary/aromatic N) is 1. The molecule has 3 nitrogen and oxygen atoms in total. The van der Waals surface area contributed by atoms with E-state index in [9.17, 15) is 4.21 Å². The highest BCUT2D eigenvalue weighted by Crippen LogP contribution is 2.00. The molecule has 1 rings (SSSR count). The van der Waals surface area contributed by atoms with Gasteiger partial charge >= 0.3 is 0 Å². The van der Waals surface area contributed by atoms with Crippen molar-refractivity contribution in [1.29, 1.82) is 0 Å². The molecule has 0 saturated heterocycles. The normalized spacial score (nSPS) is 15.1. The van der Waals surface area contributed by atoms with Crippen LogP contribution in [0.2, 0.25) is 0 Å². The fourth-order valence-corrected chi connectivity index (χ4v) is 2.09. The van der Waals surface area contributed by atoms with Crippen LogP contribution in [0.5, 0.6) is 0 Å². The second kappa shape index (κ2) is 6.08. The summed E-state index contributed by atoms with van der Waals surface area (Å²) in [6.45, 7) is 3.01. The average Bonchev–Trinajstić information content (AvgIpc) is 2.58. The summed E-state index contributed by atoms with van der Waals surface area (Å²) in [6, 6.07) is 4.57. The summed E-state index contributed by atoms with van der Waals surface area (Å²) < 4.78 is 13.0. The van der Waals surface area contributed by atoms with E-state index in [0.717, 1.165) is 18.7 Å². The molecule has 1 aromatic rings. The maximum absolute atomic E-state index is 10.9. The van der Waals surface area contributed by atoms with Gasteiger partial charge in [0.05, 0.1) is 0 Å². The van der Waals surface area contributed by atoms with Crippen LogP contribution in [0.25, 0.3) is 0 Å². The molecule has 86 valence electrons. The van der Waals surface area contributed by atoms with Crippen LogP contribution in [0, 0.1) is 0 Å². The fraction of sp³-hybridized carbons (Fsp3) is 0.636. The van der Waals surface area contributed by atoms with Gasteiger partial charge in [0.25, 0.3) is 0 Å². The Morgan fingerprint density at radius 2 is 2.33 bits per heavy atom. The average molecular weight is 228 g/mol. The van der Waals surface area contributed by atoms with Gasteiger partial charge in [-0.2, -0.15) is 0 Å². The Balaban J connectivity index is 2.25. The van der Waals surface area contributed by atoms with E-state index < -0.39 is 10.8 Å². The molecule has 0 aromatic carbocycles. The van der Waals surface area contributed by atoms with Gasteiger partial charge in [-0.3, -0.25) is 4.21 Å². The van der Waals surface area contributed by atoms with Crippen LogP contribution >= 0.6 is 0 Å². The maximum Gasteiger partial charge on any atom is 0.0361 e. The van der Waals surface area contributed by atoms with Crippen LogP contribution in [0.1, 0.15) is 19.0 Å². The number of hydrogen-bond acceptors (Lipinski definition) is 2. The van der Waals surface area contributed by atoms with E-state index >= 15 is 0 Å². The first-order chi connectivity index (χ1) is 7.09. The van der Waals surface area contributed by atoms with Crippen LogP contribution < -0.4 is 5.32 Å². The third kappa shape index (κ3) is 4.62. The topological polar surface area (TPSA) is 34.0 Å². The van der Waals surface area contributed by atoms with Crippen molar-refractivity contribution in [1.82, 2.24) is 9.88 Å². The molecule has 1 aromatic heterocycles. The van der Waals surface area contributed by atoms with Crippen molar-refractivity contribution < 1.29 is 4.21 Å².